The van der Waals surface area contributed by atoms with Crippen LogP contribution in [0.3, 0.4) is 0 Å². The van der Waals surface area contributed by atoms with E-state index in [1.165, 1.54) is 6.07 Å². The Hall–Kier alpha value is -3.08. The van der Waals surface area contributed by atoms with Gasteiger partial charge < -0.3 is 16.0 Å². The van der Waals surface area contributed by atoms with Crippen LogP contribution in [0, 0.1) is 0 Å². The summed E-state index contributed by atoms with van der Waals surface area (Å²) in [4.78, 5) is 26.8. The monoisotopic (exact) mass is 279 g/mol. The van der Waals surface area contributed by atoms with Gasteiger partial charge in [-0.25, -0.2) is 0 Å². The zero-order chi connectivity index (χ0) is 14.8. The van der Waals surface area contributed by atoms with Crippen molar-refractivity contribution in [3.05, 3.63) is 70.5 Å². The van der Waals surface area contributed by atoms with Gasteiger partial charge in [-0.15, -0.1) is 0 Å². The molecule has 0 unspecified atom stereocenters. The van der Waals surface area contributed by atoms with Crippen LogP contribution in [0.4, 0.5) is 11.4 Å². The second kappa shape index (κ2) is 5.13. The van der Waals surface area contributed by atoms with Gasteiger partial charge >= 0.3 is 0 Å². The first kappa shape index (κ1) is 12.9. The van der Waals surface area contributed by atoms with Gasteiger partial charge in [0.15, 0.2) is 0 Å². The number of benzene rings is 2. The van der Waals surface area contributed by atoms with Crippen molar-refractivity contribution in [2.45, 2.75) is 0 Å². The number of aromatic amines is 1. The SMILES string of the molecule is Nc1ccccc1NC(=O)c1cc(=O)[nH]c2ccccc12. The molecule has 0 aliphatic carbocycles. The molecule has 0 aliphatic heterocycles. The molecule has 2 aromatic carbocycles. The molecule has 1 amide bonds. The van der Waals surface area contributed by atoms with Crippen molar-refractivity contribution in [2.24, 2.45) is 0 Å². The van der Waals surface area contributed by atoms with Gasteiger partial charge in [0.2, 0.25) is 5.56 Å². The lowest BCUT2D eigenvalue weighted by Gasteiger charge is -2.09. The van der Waals surface area contributed by atoms with Gasteiger partial charge in [0.1, 0.15) is 0 Å². The molecule has 3 aromatic rings. The number of nitrogens with one attached hydrogen (secondary N) is 2. The van der Waals surface area contributed by atoms with E-state index < -0.39 is 0 Å². The zero-order valence-corrected chi connectivity index (χ0v) is 11.1. The van der Waals surface area contributed by atoms with Crippen LogP contribution in [-0.2, 0) is 0 Å². The van der Waals surface area contributed by atoms with Crippen LogP contribution < -0.4 is 16.6 Å². The highest BCUT2D eigenvalue weighted by Gasteiger charge is 2.12. The molecule has 5 heteroatoms. The van der Waals surface area contributed by atoms with Crippen LogP contribution in [0.5, 0.6) is 0 Å². The molecule has 5 nitrogen and oxygen atoms in total. The average molecular weight is 279 g/mol. The number of pyridine rings is 1. The first-order valence-corrected chi connectivity index (χ1v) is 6.43. The summed E-state index contributed by atoms with van der Waals surface area (Å²) in [5.74, 6) is -0.366. The predicted molar refractivity (Wildman–Crippen MR) is 83.4 cm³/mol. The van der Waals surface area contributed by atoms with Crippen molar-refractivity contribution in [1.29, 1.82) is 0 Å². The van der Waals surface area contributed by atoms with Gasteiger partial charge in [-0.3, -0.25) is 9.59 Å². The lowest BCUT2D eigenvalue weighted by Crippen LogP contribution is -2.17. The summed E-state index contributed by atoms with van der Waals surface area (Å²) < 4.78 is 0. The summed E-state index contributed by atoms with van der Waals surface area (Å²) in [6.07, 6.45) is 0. The standard InChI is InChI=1S/C16H13N3O2/c17-12-6-2-4-8-14(12)19-16(21)11-9-15(20)18-13-7-3-1-5-10(11)13/h1-9H,17H2,(H,18,20)(H,19,21). The quantitative estimate of drug-likeness (QED) is 0.629. The molecule has 0 atom stereocenters. The Balaban J connectivity index is 2.06. The number of carbonyl (C=O) groups excluding carboxylic acids is 1. The summed E-state index contributed by atoms with van der Waals surface area (Å²) in [6, 6.07) is 15.4. The molecule has 0 fully saturated rings. The molecule has 3 rings (SSSR count). The summed E-state index contributed by atoms with van der Waals surface area (Å²) in [5, 5.41) is 3.41. The molecular weight excluding hydrogens is 266 g/mol. The molecule has 21 heavy (non-hydrogen) atoms. The van der Waals surface area contributed by atoms with Crippen LogP contribution in [0.1, 0.15) is 10.4 Å². The van der Waals surface area contributed by atoms with Crippen LogP contribution >= 0.6 is 0 Å². The van der Waals surface area contributed by atoms with Gasteiger partial charge in [0, 0.05) is 17.0 Å². The van der Waals surface area contributed by atoms with Gasteiger partial charge in [0.05, 0.1) is 16.9 Å². The Kier molecular flexibility index (Phi) is 3.16. The van der Waals surface area contributed by atoms with Gasteiger partial charge in [-0.05, 0) is 18.2 Å². The number of carbonyl (C=O) groups is 1. The van der Waals surface area contributed by atoms with E-state index in [0.29, 0.717) is 27.8 Å². The smallest absolute Gasteiger partial charge is 0.256 e. The number of fused-ring (bicyclic) bond motifs is 1. The predicted octanol–water partition coefficient (Wildman–Crippen LogP) is 2.36. The zero-order valence-electron chi connectivity index (χ0n) is 11.1. The molecule has 0 bridgehead atoms. The van der Waals surface area contributed by atoms with Gasteiger partial charge in [-0.2, -0.15) is 0 Å². The van der Waals surface area contributed by atoms with Crippen LogP contribution in [0.15, 0.2) is 59.4 Å². The Morgan fingerprint density at radius 2 is 1.76 bits per heavy atom. The molecule has 0 saturated carbocycles. The van der Waals surface area contributed by atoms with E-state index in [1.807, 2.05) is 6.07 Å². The minimum atomic E-state index is -0.366. The number of nitrogens with two attached hydrogens (primary N) is 1. The molecular formula is C16H13N3O2. The number of amides is 1. The maximum Gasteiger partial charge on any atom is 0.256 e. The fourth-order valence-corrected chi connectivity index (χ4v) is 2.19. The molecule has 4 N–H and O–H groups in total. The van der Waals surface area contributed by atoms with Gasteiger partial charge in [-0.1, -0.05) is 30.3 Å². The van der Waals surface area contributed by atoms with Crippen molar-refractivity contribution >= 4 is 28.2 Å². The van der Waals surface area contributed by atoms with Crippen molar-refractivity contribution in [3.63, 3.8) is 0 Å². The van der Waals surface area contributed by atoms with E-state index in [-0.39, 0.29) is 11.5 Å². The second-order valence-corrected chi connectivity index (χ2v) is 4.63. The Morgan fingerprint density at radius 1 is 1.05 bits per heavy atom. The molecule has 1 heterocycles. The van der Waals surface area contributed by atoms with E-state index >= 15 is 0 Å². The van der Waals surface area contributed by atoms with Crippen LogP contribution in [-0.4, -0.2) is 10.9 Å². The largest absolute Gasteiger partial charge is 0.397 e. The molecule has 0 aliphatic rings. The van der Waals surface area contributed by atoms with Crippen LogP contribution in [0.2, 0.25) is 0 Å². The fourth-order valence-electron chi connectivity index (χ4n) is 2.19. The van der Waals surface area contributed by atoms with Crippen molar-refractivity contribution in [3.8, 4) is 0 Å². The maximum atomic E-state index is 12.4. The lowest BCUT2D eigenvalue weighted by molar-refractivity contribution is 0.102. The average Bonchev–Trinajstić information content (AvgIpc) is 2.48. The highest BCUT2D eigenvalue weighted by Crippen LogP contribution is 2.20. The Morgan fingerprint density at radius 3 is 2.57 bits per heavy atom. The van der Waals surface area contributed by atoms with E-state index in [2.05, 4.69) is 10.3 Å². The lowest BCUT2D eigenvalue weighted by atomic mass is 10.1. The number of nitrogen functional groups attached to an aromatic ring is 1. The topological polar surface area (TPSA) is 88.0 Å². The summed E-state index contributed by atoms with van der Waals surface area (Å²) in [6.45, 7) is 0. The summed E-state index contributed by atoms with van der Waals surface area (Å²) in [5.41, 5.74) is 7.42. The third-order valence-electron chi connectivity index (χ3n) is 3.20. The van der Waals surface area contributed by atoms with E-state index in [4.69, 9.17) is 5.73 Å². The maximum absolute atomic E-state index is 12.4. The number of H-pyrrole nitrogens is 1. The third kappa shape index (κ3) is 2.49. The highest BCUT2D eigenvalue weighted by atomic mass is 16.2. The van der Waals surface area contributed by atoms with E-state index in [0.717, 1.165) is 0 Å². The number of hydrogen-bond acceptors (Lipinski definition) is 3. The highest BCUT2D eigenvalue weighted by molar-refractivity contribution is 6.13. The molecule has 0 spiro atoms. The second-order valence-electron chi connectivity index (χ2n) is 4.63. The first-order valence-electron chi connectivity index (χ1n) is 6.43. The fraction of sp³-hybridized carbons (Fsp3) is 0. The van der Waals surface area contributed by atoms with Crippen molar-refractivity contribution in [1.82, 2.24) is 4.98 Å². The minimum Gasteiger partial charge on any atom is -0.397 e. The number of aromatic nitrogens is 1. The summed E-state index contributed by atoms with van der Waals surface area (Å²) in [7, 11) is 0. The summed E-state index contributed by atoms with van der Waals surface area (Å²) >= 11 is 0. The number of hydrogen-bond donors (Lipinski definition) is 3. The molecule has 0 radical (unpaired) electrons. The number of para-hydroxylation sites is 3. The van der Waals surface area contributed by atoms with Crippen molar-refractivity contribution in [2.75, 3.05) is 11.1 Å². The molecule has 0 saturated heterocycles. The van der Waals surface area contributed by atoms with Crippen molar-refractivity contribution < 1.29 is 4.79 Å². The number of anilines is 2. The number of rotatable bonds is 2. The normalized spacial score (nSPS) is 10.5. The molecule has 1 aromatic heterocycles. The van der Waals surface area contributed by atoms with Crippen LogP contribution in [0.25, 0.3) is 10.9 Å². The third-order valence-corrected chi connectivity index (χ3v) is 3.20. The van der Waals surface area contributed by atoms with E-state index in [1.54, 1.807) is 42.5 Å². The van der Waals surface area contributed by atoms with E-state index in [9.17, 15) is 9.59 Å². The van der Waals surface area contributed by atoms with Gasteiger partial charge in [0.25, 0.3) is 5.91 Å². The first-order chi connectivity index (χ1) is 10.1. The Labute approximate surface area is 120 Å². The Bertz CT molecular complexity index is 884. The molecule has 104 valence electrons. The minimum absolute atomic E-state index is 0.317.